The molecule has 0 aliphatic carbocycles. The molecule has 0 spiro atoms. The first kappa shape index (κ1) is 24.4. The summed E-state index contributed by atoms with van der Waals surface area (Å²) < 4.78 is 0. The Kier molecular flexibility index (Phi) is 17.7. The van der Waals surface area contributed by atoms with E-state index in [2.05, 4.69) is 17.1 Å². The lowest BCUT2D eigenvalue weighted by molar-refractivity contribution is -0.118. The number of unbranched alkanes of at least 4 members (excludes halogenated alkanes) is 7. The number of hydrogen-bond acceptors (Lipinski definition) is 4. The number of nitrogens with zero attached hydrogens (tertiary/aromatic N) is 1. The average molecular weight is 359 g/mol. The van der Waals surface area contributed by atoms with Gasteiger partial charge in [-0.05, 0) is 45.2 Å². The highest BCUT2D eigenvalue weighted by molar-refractivity contribution is 5.72. The van der Waals surface area contributed by atoms with Gasteiger partial charge in [-0.25, -0.2) is 0 Å². The summed E-state index contributed by atoms with van der Waals surface area (Å²) >= 11 is 0. The molecule has 1 saturated heterocycles. The van der Waals surface area contributed by atoms with Gasteiger partial charge in [0.05, 0.1) is 6.61 Å². The molecular formula is C20H42N2O3. The van der Waals surface area contributed by atoms with Crippen molar-refractivity contribution in [3.8, 4) is 0 Å². The fourth-order valence-electron chi connectivity index (χ4n) is 3.15. The molecule has 0 saturated carbocycles. The van der Waals surface area contributed by atoms with Crippen LogP contribution in [0, 0.1) is 0 Å². The Hall–Kier alpha value is -0.650. The molecule has 1 fully saturated rings. The van der Waals surface area contributed by atoms with Gasteiger partial charge in [-0.1, -0.05) is 45.4 Å². The number of carbonyl (C=O) groups is 1. The lowest BCUT2D eigenvalue weighted by Gasteiger charge is -2.22. The molecular weight excluding hydrogens is 316 g/mol. The van der Waals surface area contributed by atoms with Crippen molar-refractivity contribution < 1.29 is 15.0 Å². The van der Waals surface area contributed by atoms with E-state index in [1.807, 2.05) is 0 Å². The fourth-order valence-corrected chi connectivity index (χ4v) is 3.15. The maximum Gasteiger partial charge on any atom is 0.216 e. The minimum Gasteiger partial charge on any atom is -0.396 e. The third-order valence-electron chi connectivity index (χ3n) is 4.72. The van der Waals surface area contributed by atoms with Gasteiger partial charge in [-0.15, -0.1) is 0 Å². The number of aliphatic hydroxyl groups excluding tert-OH is 2. The van der Waals surface area contributed by atoms with Crippen molar-refractivity contribution >= 4 is 5.91 Å². The fraction of sp³-hybridized carbons (Fsp3) is 0.950. The van der Waals surface area contributed by atoms with Crippen LogP contribution in [0.5, 0.6) is 0 Å². The van der Waals surface area contributed by atoms with Gasteiger partial charge in [0, 0.05) is 26.1 Å². The van der Waals surface area contributed by atoms with E-state index < -0.39 is 0 Å². The zero-order valence-corrected chi connectivity index (χ0v) is 16.6. The number of likely N-dealkylation sites (tertiary alicyclic amines) is 1. The standard InChI is InChI=1S/C14H29NO2.C6H13NO/c16-12-7-5-3-1-2-4-6-10-15-11-8-9-14(15)13-17;1-3-4-5-7-6(2)8/h14,16-17H,1-13H2;3-5H2,1-2H3,(H,7,8). The van der Waals surface area contributed by atoms with Crippen molar-refractivity contribution in [1.29, 1.82) is 0 Å². The van der Waals surface area contributed by atoms with Crippen molar-refractivity contribution in [2.75, 3.05) is 32.8 Å². The Morgan fingerprint density at radius 1 is 1.04 bits per heavy atom. The quantitative estimate of drug-likeness (QED) is 0.442. The Morgan fingerprint density at radius 2 is 1.68 bits per heavy atom. The second-order valence-electron chi connectivity index (χ2n) is 7.05. The number of nitrogens with one attached hydrogen (secondary N) is 1. The zero-order chi connectivity index (χ0) is 18.8. The van der Waals surface area contributed by atoms with E-state index in [0.29, 0.717) is 19.3 Å². The molecule has 25 heavy (non-hydrogen) atoms. The Labute approximate surface area is 155 Å². The highest BCUT2D eigenvalue weighted by Gasteiger charge is 2.22. The first-order chi connectivity index (χ1) is 12.2. The van der Waals surface area contributed by atoms with E-state index in [1.54, 1.807) is 0 Å². The molecule has 1 amide bonds. The van der Waals surface area contributed by atoms with Crippen molar-refractivity contribution in [3.05, 3.63) is 0 Å². The molecule has 1 aliphatic rings. The molecule has 1 atom stereocenters. The van der Waals surface area contributed by atoms with E-state index in [9.17, 15) is 9.90 Å². The predicted octanol–water partition coefficient (Wildman–Crippen LogP) is 3.09. The van der Waals surface area contributed by atoms with Crippen LogP contribution in [0.2, 0.25) is 0 Å². The highest BCUT2D eigenvalue weighted by atomic mass is 16.3. The molecule has 3 N–H and O–H groups in total. The number of rotatable bonds is 13. The Bertz CT molecular complexity index is 301. The van der Waals surface area contributed by atoms with Crippen molar-refractivity contribution in [3.63, 3.8) is 0 Å². The van der Waals surface area contributed by atoms with Gasteiger partial charge in [0.15, 0.2) is 0 Å². The third-order valence-corrected chi connectivity index (χ3v) is 4.72. The topological polar surface area (TPSA) is 72.8 Å². The van der Waals surface area contributed by atoms with Crippen LogP contribution >= 0.6 is 0 Å². The van der Waals surface area contributed by atoms with Crippen molar-refractivity contribution in [2.45, 2.75) is 90.5 Å². The number of amides is 1. The van der Waals surface area contributed by atoms with E-state index in [1.165, 1.54) is 71.4 Å². The molecule has 5 heteroatoms. The summed E-state index contributed by atoms with van der Waals surface area (Å²) in [6.45, 7) is 7.49. The normalized spacial score (nSPS) is 17.2. The van der Waals surface area contributed by atoms with Gasteiger partial charge < -0.3 is 15.5 Å². The summed E-state index contributed by atoms with van der Waals surface area (Å²) in [5.74, 6) is 0.0680. The van der Waals surface area contributed by atoms with Crippen LogP contribution in [0.25, 0.3) is 0 Å². The highest BCUT2D eigenvalue weighted by Crippen LogP contribution is 2.17. The summed E-state index contributed by atoms with van der Waals surface area (Å²) in [7, 11) is 0. The number of aliphatic hydroxyl groups is 2. The van der Waals surface area contributed by atoms with Gasteiger partial charge in [0.25, 0.3) is 0 Å². The Morgan fingerprint density at radius 3 is 2.24 bits per heavy atom. The van der Waals surface area contributed by atoms with E-state index in [4.69, 9.17) is 5.11 Å². The largest absolute Gasteiger partial charge is 0.396 e. The molecule has 1 heterocycles. The van der Waals surface area contributed by atoms with Crippen LogP contribution in [0.15, 0.2) is 0 Å². The molecule has 0 radical (unpaired) electrons. The molecule has 0 bridgehead atoms. The molecule has 1 aliphatic heterocycles. The number of carbonyl (C=O) groups excluding carboxylic acids is 1. The van der Waals surface area contributed by atoms with Gasteiger partial charge in [0.1, 0.15) is 0 Å². The van der Waals surface area contributed by atoms with Crippen LogP contribution in [-0.2, 0) is 4.79 Å². The molecule has 1 rings (SSSR count). The van der Waals surface area contributed by atoms with Crippen LogP contribution in [0.4, 0.5) is 0 Å². The monoisotopic (exact) mass is 358 g/mol. The second-order valence-corrected chi connectivity index (χ2v) is 7.05. The summed E-state index contributed by atoms with van der Waals surface area (Å²) in [5.41, 5.74) is 0. The summed E-state index contributed by atoms with van der Waals surface area (Å²) in [4.78, 5) is 12.7. The maximum atomic E-state index is 10.2. The first-order valence-corrected chi connectivity index (χ1v) is 10.4. The molecule has 5 nitrogen and oxygen atoms in total. The third kappa shape index (κ3) is 15.3. The smallest absolute Gasteiger partial charge is 0.216 e. The molecule has 1 unspecified atom stereocenters. The van der Waals surface area contributed by atoms with Crippen LogP contribution < -0.4 is 5.32 Å². The minimum atomic E-state index is 0.0680. The summed E-state index contributed by atoms with van der Waals surface area (Å²) in [6, 6.07) is 0.444. The first-order valence-electron chi connectivity index (χ1n) is 10.4. The van der Waals surface area contributed by atoms with Crippen molar-refractivity contribution in [1.82, 2.24) is 10.2 Å². The molecule has 150 valence electrons. The van der Waals surface area contributed by atoms with Crippen molar-refractivity contribution in [2.24, 2.45) is 0 Å². The van der Waals surface area contributed by atoms with Gasteiger partial charge in [-0.3, -0.25) is 9.69 Å². The molecule has 0 aromatic carbocycles. The van der Waals surface area contributed by atoms with E-state index in [0.717, 1.165) is 25.8 Å². The SMILES string of the molecule is CCCCNC(C)=O.OCCCCCCCCCN1CCCC1CO. The van der Waals surface area contributed by atoms with Gasteiger partial charge >= 0.3 is 0 Å². The van der Waals surface area contributed by atoms with Gasteiger partial charge in [0.2, 0.25) is 5.91 Å². The second kappa shape index (κ2) is 18.2. The average Bonchev–Trinajstić information content (AvgIpc) is 3.05. The minimum absolute atomic E-state index is 0.0680. The molecule has 0 aromatic rings. The summed E-state index contributed by atoms with van der Waals surface area (Å²) in [5, 5.41) is 20.6. The van der Waals surface area contributed by atoms with Gasteiger partial charge in [-0.2, -0.15) is 0 Å². The van der Waals surface area contributed by atoms with E-state index >= 15 is 0 Å². The van der Waals surface area contributed by atoms with E-state index in [-0.39, 0.29) is 5.91 Å². The van der Waals surface area contributed by atoms with Crippen LogP contribution in [0.3, 0.4) is 0 Å². The maximum absolute atomic E-state index is 10.2. The zero-order valence-electron chi connectivity index (χ0n) is 16.6. The molecule has 0 aromatic heterocycles. The lowest BCUT2D eigenvalue weighted by atomic mass is 10.1. The Balaban J connectivity index is 0.000000609. The van der Waals surface area contributed by atoms with Crippen LogP contribution in [0.1, 0.15) is 84.5 Å². The summed E-state index contributed by atoms with van der Waals surface area (Å²) in [6.07, 6.45) is 13.3. The lowest BCUT2D eigenvalue weighted by Crippen LogP contribution is -2.32. The number of hydrogen-bond donors (Lipinski definition) is 3. The predicted molar refractivity (Wildman–Crippen MR) is 105 cm³/mol. The van der Waals surface area contributed by atoms with Crippen LogP contribution in [-0.4, -0.2) is 59.9 Å².